The van der Waals surface area contributed by atoms with Crippen LogP contribution in [-0.4, -0.2) is 110 Å². The third-order valence-corrected chi connectivity index (χ3v) is 11.0. The van der Waals surface area contributed by atoms with Gasteiger partial charge in [0.05, 0.1) is 26.9 Å². The van der Waals surface area contributed by atoms with E-state index in [1.807, 2.05) is 29.2 Å². The molecule has 6 rings (SSSR count). The van der Waals surface area contributed by atoms with Crippen LogP contribution in [0.1, 0.15) is 18.4 Å². The Morgan fingerprint density at radius 2 is 1.73 bits per heavy atom. The number of methoxy groups -OCH3 is 1. The van der Waals surface area contributed by atoms with Crippen LogP contribution < -0.4 is 4.74 Å². The van der Waals surface area contributed by atoms with E-state index in [9.17, 15) is 18.0 Å². The first-order chi connectivity index (χ1) is 19.7. The van der Waals surface area contributed by atoms with Gasteiger partial charge in [0.1, 0.15) is 28.9 Å². The number of sulfonamides is 1. The zero-order valence-corrected chi connectivity index (χ0v) is 25.8. The molecule has 0 spiro atoms. The molecule has 0 N–H and O–H groups in total. The van der Waals surface area contributed by atoms with Crippen molar-refractivity contribution < 1.29 is 27.5 Å². The number of carbonyl (C=O) groups is 2. The number of hydrogen-bond acceptors (Lipinski definition) is 7. The van der Waals surface area contributed by atoms with Gasteiger partial charge >= 0.3 is 0 Å². The van der Waals surface area contributed by atoms with E-state index >= 15 is 0 Å². The molecular formula is C28H32BrClN4O6S. The second kappa shape index (κ2) is 11.5. The fourth-order valence-electron chi connectivity index (χ4n) is 6.09. The molecule has 0 bridgehead atoms. The van der Waals surface area contributed by atoms with Crippen molar-refractivity contribution in [1.82, 2.24) is 19.0 Å². The topological polar surface area (TPSA) is 99.7 Å². The maximum absolute atomic E-state index is 14.5. The Hall–Kier alpha value is -2.22. The van der Waals surface area contributed by atoms with Crippen molar-refractivity contribution in [2.24, 2.45) is 0 Å². The molecule has 1 aliphatic carbocycles. The monoisotopic (exact) mass is 666 g/mol. The van der Waals surface area contributed by atoms with Gasteiger partial charge in [0, 0.05) is 41.6 Å². The van der Waals surface area contributed by atoms with Crippen LogP contribution >= 0.6 is 27.5 Å². The third kappa shape index (κ3) is 5.50. The zero-order chi connectivity index (χ0) is 28.9. The van der Waals surface area contributed by atoms with Crippen LogP contribution in [0.3, 0.4) is 0 Å². The fourth-order valence-corrected chi connectivity index (χ4v) is 8.35. The lowest BCUT2D eigenvalue weighted by Gasteiger charge is -2.55. The highest BCUT2D eigenvalue weighted by Crippen LogP contribution is 2.39. The van der Waals surface area contributed by atoms with Crippen molar-refractivity contribution in [2.45, 2.75) is 48.4 Å². The molecule has 0 radical (unpaired) electrons. The Bertz CT molecular complexity index is 1430. The lowest BCUT2D eigenvalue weighted by molar-refractivity contribution is -0.172. The molecule has 2 aromatic carbocycles. The van der Waals surface area contributed by atoms with E-state index in [1.54, 1.807) is 15.9 Å². The highest BCUT2D eigenvalue weighted by Gasteiger charge is 2.56. The van der Waals surface area contributed by atoms with Crippen molar-refractivity contribution >= 4 is 49.4 Å². The molecule has 0 aromatic heterocycles. The first kappa shape index (κ1) is 28.9. The predicted molar refractivity (Wildman–Crippen MR) is 155 cm³/mol. The van der Waals surface area contributed by atoms with Crippen LogP contribution in [-0.2, 0) is 30.8 Å². The van der Waals surface area contributed by atoms with E-state index in [2.05, 4.69) is 15.9 Å². The summed E-state index contributed by atoms with van der Waals surface area (Å²) in [6.07, 6.45) is 1.14. The summed E-state index contributed by atoms with van der Waals surface area (Å²) in [5.41, 5.74) is 0.884. The molecule has 3 heterocycles. The summed E-state index contributed by atoms with van der Waals surface area (Å²) in [4.78, 5) is 33.6. The molecule has 4 aliphatic rings. The maximum atomic E-state index is 14.5. The van der Waals surface area contributed by atoms with Crippen LogP contribution in [0.25, 0.3) is 0 Å². The molecule has 3 saturated heterocycles. The number of morpholine rings is 1. The fraction of sp³-hybridized carbons (Fsp3) is 0.500. The van der Waals surface area contributed by atoms with E-state index in [4.69, 9.17) is 21.1 Å². The second-order valence-corrected chi connectivity index (χ2v) is 14.0. The zero-order valence-electron chi connectivity index (χ0n) is 22.6. The summed E-state index contributed by atoms with van der Waals surface area (Å²) in [6, 6.07) is 10.6. The Morgan fingerprint density at radius 1 is 1.02 bits per heavy atom. The number of piperazine rings is 1. The Kier molecular flexibility index (Phi) is 8.07. The summed E-state index contributed by atoms with van der Waals surface area (Å²) in [5.74, 6) is -0.203. The van der Waals surface area contributed by atoms with Crippen LogP contribution in [0.15, 0.2) is 51.8 Å². The minimum atomic E-state index is -4.21. The van der Waals surface area contributed by atoms with Crippen LogP contribution in [0.4, 0.5) is 0 Å². The van der Waals surface area contributed by atoms with E-state index in [0.717, 1.165) is 22.9 Å². The molecule has 13 heteroatoms. The largest absolute Gasteiger partial charge is 0.495 e. The Balaban J connectivity index is 1.46. The molecule has 3 atom stereocenters. The van der Waals surface area contributed by atoms with E-state index in [0.29, 0.717) is 26.3 Å². The number of benzene rings is 2. The minimum Gasteiger partial charge on any atom is -0.495 e. The lowest BCUT2D eigenvalue weighted by atomic mass is 9.96. The molecule has 3 aliphatic heterocycles. The van der Waals surface area contributed by atoms with Crippen molar-refractivity contribution in [3.8, 4) is 5.75 Å². The van der Waals surface area contributed by atoms with Gasteiger partial charge < -0.3 is 19.3 Å². The second-order valence-electron chi connectivity index (χ2n) is 10.8. The molecule has 3 unspecified atom stereocenters. The molecular weight excluding hydrogens is 636 g/mol. The summed E-state index contributed by atoms with van der Waals surface area (Å²) in [7, 11) is -2.80. The highest BCUT2D eigenvalue weighted by atomic mass is 79.9. The van der Waals surface area contributed by atoms with Crippen molar-refractivity contribution in [1.29, 1.82) is 0 Å². The number of nitrogens with zero attached hydrogens (tertiary/aromatic N) is 4. The van der Waals surface area contributed by atoms with Crippen molar-refractivity contribution in [3.05, 3.63) is 57.5 Å². The van der Waals surface area contributed by atoms with Crippen LogP contribution in [0.5, 0.6) is 5.75 Å². The number of fused-ring (bicyclic) bond motifs is 1. The summed E-state index contributed by atoms with van der Waals surface area (Å²) in [5, 5.41) is 0.255. The van der Waals surface area contributed by atoms with Gasteiger partial charge in [0.25, 0.3) is 0 Å². The molecule has 2 amide bonds. The number of carbonyl (C=O) groups excluding carboxylic acids is 2. The molecule has 4 fully saturated rings. The van der Waals surface area contributed by atoms with Crippen LogP contribution in [0, 0.1) is 0 Å². The number of hydrogen-bond donors (Lipinski definition) is 0. The molecule has 220 valence electrons. The molecule has 2 aromatic rings. The van der Waals surface area contributed by atoms with E-state index in [-0.39, 0.29) is 53.0 Å². The molecule has 1 saturated carbocycles. The van der Waals surface area contributed by atoms with Crippen LogP contribution in [0.2, 0.25) is 5.02 Å². The van der Waals surface area contributed by atoms with Gasteiger partial charge in [-0.15, -0.1) is 0 Å². The third-order valence-electron chi connectivity index (χ3n) is 8.34. The number of halogens is 2. The maximum Gasteiger partial charge on any atom is 0.248 e. The molecule has 10 nitrogen and oxygen atoms in total. The van der Waals surface area contributed by atoms with Gasteiger partial charge in [0.15, 0.2) is 0 Å². The van der Waals surface area contributed by atoms with E-state index < -0.39 is 28.3 Å². The predicted octanol–water partition coefficient (Wildman–Crippen LogP) is 2.59. The van der Waals surface area contributed by atoms with Gasteiger partial charge in [-0.3, -0.25) is 14.5 Å². The highest BCUT2D eigenvalue weighted by molar-refractivity contribution is 9.10. The lowest BCUT2D eigenvalue weighted by Crippen LogP contribution is -2.76. The normalized spacial score (nSPS) is 26.3. The van der Waals surface area contributed by atoms with Gasteiger partial charge in [-0.2, -0.15) is 4.31 Å². The number of amides is 2. The first-order valence-corrected chi connectivity index (χ1v) is 16.3. The average molecular weight is 668 g/mol. The van der Waals surface area contributed by atoms with Gasteiger partial charge in [-0.1, -0.05) is 39.7 Å². The Labute approximate surface area is 253 Å². The van der Waals surface area contributed by atoms with Crippen molar-refractivity contribution in [2.75, 3.05) is 46.5 Å². The number of rotatable bonds is 7. The number of ether oxygens (including phenoxy) is 2. The quantitative estimate of drug-likeness (QED) is 0.448. The SMILES string of the molecule is COc1ccc(Cl)cc1S(=O)(=O)N1CC(N2CCOCC2)C(=O)N2C(Cc3ccc(Br)cc3)C(=O)N(C3CC3)CC21. The molecule has 41 heavy (non-hydrogen) atoms. The smallest absolute Gasteiger partial charge is 0.248 e. The standard InChI is InChI=1S/C28H32BrClN4O6S/c1-39-24-9-6-20(30)15-25(24)41(37,38)33-16-23(31-10-12-40-13-11-31)28(36)34-22(14-18-2-4-19(29)5-3-18)27(35)32(17-26(33)34)21-7-8-21/h2-6,9,15,21-23,26H,7-8,10-14,16-17H2,1H3. The minimum absolute atomic E-state index is 0.0459. The van der Waals surface area contributed by atoms with Crippen molar-refractivity contribution in [3.63, 3.8) is 0 Å². The van der Waals surface area contributed by atoms with E-state index in [1.165, 1.54) is 23.5 Å². The first-order valence-electron chi connectivity index (χ1n) is 13.7. The summed E-state index contributed by atoms with van der Waals surface area (Å²) in [6.45, 7) is 1.93. The average Bonchev–Trinajstić information content (AvgIpc) is 3.81. The summed E-state index contributed by atoms with van der Waals surface area (Å²) < 4.78 is 42.2. The van der Waals surface area contributed by atoms with Gasteiger partial charge in [-0.25, -0.2) is 8.42 Å². The van der Waals surface area contributed by atoms with Gasteiger partial charge in [-0.05, 0) is 48.7 Å². The Morgan fingerprint density at radius 3 is 2.39 bits per heavy atom. The van der Waals surface area contributed by atoms with Gasteiger partial charge in [0.2, 0.25) is 21.8 Å². The summed E-state index contributed by atoms with van der Waals surface area (Å²) >= 11 is 9.72.